The smallest absolute Gasteiger partial charge is 0.0212 e. The summed E-state index contributed by atoms with van der Waals surface area (Å²) in [5, 5.41) is 0. The highest BCUT2D eigenvalue weighted by molar-refractivity contribution is 5.14. The second-order valence-electron chi connectivity index (χ2n) is 7.05. The van der Waals surface area contributed by atoms with Gasteiger partial charge in [0.2, 0.25) is 0 Å². The Balaban J connectivity index is 1.78. The van der Waals surface area contributed by atoms with Gasteiger partial charge in [-0.15, -0.1) is 0 Å². The second kappa shape index (κ2) is 3.25. The van der Waals surface area contributed by atoms with Crippen LogP contribution in [0.15, 0.2) is 0 Å². The summed E-state index contributed by atoms with van der Waals surface area (Å²) < 4.78 is 0. The van der Waals surface area contributed by atoms with E-state index in [1.807, 2.05) is 0 Å². The van der Waals surface area contributed by atoms with Gasteiger partial charge in [0.15, 0.2) is 0 Å². The van der Waals surface area contributed by atoms with Gasteiger partial charge in [0.25, 0.3) is 0 Å². The molecular formula is C15H26. The molecule has 0 heterocycles. The predicted molar refractivity (Wildman–Crippen MR) is 64.7 cm³/mol. The third-order valence-corrected chi connectivity index (χ3v) is 6.22. The number of hydrogen-bond donors (Lipinski definition) is 0. The average molecular weight is 206 g/mol. The van der Waals surface area contributed by atoms with Crippen LogP contribution in [0.2, 0.25) is 0 Å². The van der Waals surface area contributed by atoms with Crippen LogP contribution in [-0.2, 0) is 0 Å². The molecule has 15 heavy (non-hydrogen) atoms. The summed E-state index contributed by atoms with van der Waals surface area (Å²) in [6.45, 7) is 5.10. The molecule has 3 fully saturated rings. The first-order chi connectivity index (χ1) is 7.16. The van der Waals surface area contributed by atoms with Crippen LogP contribution in [0.3, 0.4) is 0 Å². The first-order valence-electron chi connectivity index (χ1n) is 7.16. The van der Waals surface area contributed by atoms with Crippen molar-refractivity contribution in [1.82, 2.24) is 0 Å². The zero-order valence-electron chi connectivity index (χ0n) is 10.5. The van der Waals surface area contributed by atoms with Crippen LogP contribution in [0.4, 0.5) is 0 Å². The molecule has 0 radical (unpaired) electrons. The summed E-state index contributed by atoms with van der Waals surface area (Å²) in [4.78, 5) is 0. The van der Waals surface area contributed by atoms with Crippen LogP contribution in [0.25, 0.3) is 0 Å². The van der Waals surface area contributed by atoms with Gasteiger partial charge in [0.05, 0.1) is 0 Å². The Morgan fingerprint density at radius 2 is 1.73 bits per heavy atom. The lowest BCUT2D eigenvalue weighted by atomic mass is 9.67. The molecule has 4 atom stereocenters. The van der Waals surface area contributed by atoms with E-state index in [1.165, 1.54) is 38.5 Å². The van der Waals surface area contributed by atoms with Crippen molar-refractivity contribution >= 4 is 0 Å². The first-order valence-corrected chi connectivity index (χ1v) is 7.16. The minimum Gasteiger partial charge on any atom is -0.0625 e. The lowest BCUT2D eigenvalue weighted by Gasteiger charge is -2.37. The van der Waals surface area contributed by atoms with E-state index in [-0.39, 0.29) is 0 Å². The van der Waals surface area contributed by atoms with Gasteiger partial charge >= 0.3 is 0 Å². The molecule has 0 aromatic rings. The van der Waals surface area contributed by atoms with E-state index in [0.717, 1.165) is 22.7 Å². The topological polar surface area (TPSA) is 0 Å². The van der Waals surface area contributed by atoms with Gasteiger partial charge in [-0.05, 0) is 54.8 Å². The molecule has 0 amide bonds. The van der Waals surface area contributed by atoms with E-state index < -0.39 is 0 Å². The van der Waals surface area contributed by atoms with Crippen LogP contribution in [0.5, 0.6) is 0 Å². The monoisotopic (exact) mass is 206 g/mol. The average Bonchev–Trinajstić information content (AvgIpc) is 2.84. The van der Waals surface area contributed by atoms with Gasteiger partial charge in [0, 0.05) is 0 Å². The summed E-state index contributed by atoms with van der Waals surface area (Å²) >= 11 is 0. The fourth-order valence-corrected chi connectivity index (χ4v) is 4.94. The highest BCUT2D eigenvalue weighted by Crippen LogP contribution is 2.74. The van der Waals surface area contributed by atoms with E-state index in [9.17, 15) is 0 Å². The lowest BCUT2D eigenvalue weighted by Crippen LogP contribution is -2.28. The summed E-state index contributed by atoms with van der Waals surface area (Å²) in [6, 6.07) is 0. The minimum atomic E-state index is 0.735. The van der Waals surface area contributed by atoms with E-state index >= 15 is 0 Å². The predicted octanol–water partition coefficient (Wildman–Crippen LogP) is 4.78. The fourth-order valence-electron chi connectivity index (χ4n) is 4.94. The van der Waals surface area contributed by atoms with Crippen molar-refractivity contribution in [3.05, 3.63) is 0 Å². The molecule has 0 N–H and O–H groups in total. The van der Waals surface area contributed by atoms with Gasteiger partial charge in [-0.3, -0.25) is 0 Å². The summed E-state index contributed by atoms with van der Waals surface area (Å²) in [5.41, 5.74) is 1.58. The Morgan fingerprint density at radius 1 is 0.933 bits per heavy atom. The third-order valence-electron chi connectivity index (χ3n) is 6.22. The molecular weight excluding hydrogens is 180 g/mol. The van der Waals surface area contributed by atoms with Crippen molar-refractivity contribution < 1.29 is 0 Å². The zero-order chi connectivity index (χ0) is 10.5. The highest BCUT2D eigenvalue weighted by Gasteiger charge is 2.65. The van der Waals surface area contributed by atoms with E-state index in [1.54, 1.807) is 19.3 Å². The Kier molecular flexibility index (Phi) is 2.20. The molecule has 86 valence electrons. The Labute approximate surface area is 94.8 Å². The molecule has 3 saturated carbocycles. The van der Waals surface area contributed by atoms with Crippen molar-refractivity contribution in [2.24, 2.45) is 22.7 Å². The maximum atomic E-state index is 2.64. The maximum absolute atomic E-state index is 2.64. The van der Waals surface area contributed by atoms with Crippen molar-refractivity contribution in [1.29, 1.82) is 0 Å². The molecule has 0 heteroatoms. The van der Waals surface area contributed by atoms with Gasteiger partial charge in [-0.2, -0.15) is 0 Å². The molecule has 0 saturated heterocycles. The van der Waals surface area contributed by atoms with Gasteiger partial charge in [0.1, 0.15) is 0 Å². The molecule has 0 nitrogen and oxygen atoms in total. The van der Waals surface area contributed by atoms with Crippen molar-refractivity contribution in [3.63, 3.8) is 0 Å². The van der Waals surface area contributed by atoms with Crippen LogP contribution < -0.4 is 0 Å². The zero-order valence-corrected chi connectivity index (χ0v) is 10.5. The normalized spacial score (nSPS) is 54.8. The lowest BCUT2D eigenvalue weighted by molar-refractivity contribution is 0.123. The maximum Gasteiger partial charge on any atom is -0.0212 e. The van der Waals surface area contributed by atoms with Crippen LogP contribution >= 0.6 is 0 Å². The number of fused-ring (bicyclic) bond motifs is 1. The molecule has 0 aromatic heterocycles. The molecule has 3 aliphatic rings. The van der Waals surface area contributed by atoms with Gasteiger partial charge < -0.3 is 0 Å². The van der Waals surface area contributed by atoms with E-state index in [0.29, 0.717) is 0 Å². The summed E-state index contributed by atoms with van der Waals surface area (Å²) in [7, 11) is 0. The molecule has 0 aromatic carbocycles. The Morgan fingerprint density at radius 3 is 2.40 bits per heavy atom. The van der Waals surface area contributed by atoms with Crippen molar-refractivity contribution in [2.75, 3.05) is 0 Å². The highest BCUT2D eigenvalue weighted by atomic mass is 14.7. The van der Waals surface area contributed by atoms with Crippen LogP contribution in [0.1, 0.15) is 71.6 Å². The molecule has 0 bridgehead atoms. The minimum absolute atomic E-state index is 0.735. The first kappa shape index (κ1) is 10.2. The van der Waals surface area contributed by atoms with Crippen molar-refractivity contribution in [3.8, 4) is 0 Å². The van der Waals surface area contributed by atoms with E-state index in [2.05, 4.69) is 13.8 Å². The largest absolute Gasteiger partial charge is 0.0625 e. The molecule has 3 aliphatic carbocycles. The molecule has 0 aliphatic heterocycles. The third kappa shape index (κ3) is 1.40. The molecule has 0 spiro atoms. The Bertz CT molecular complexity index is 257. The van der Waals surface area contributed by atoms with Crippen molar-refractivity contribution in [2.45, 2.75) is 71.6 Å². The summed E-state index contributed by atoms with van der Waals surface area (Å²) in [6.07, 6.45) is 13.8. The quantitative estimate of drug-likeness (QED) is 0.541. The van der Waals surface area contributed by atoms with Gasteiger partial charge in [-0.1, -0.05) is 39.5 Å². The molecule has 3 rings (SSSR count). The van der Waals surface area contributed by atoms with E-state index in [4.69, 9.17) is 0 Å². The number of rotatable bonds is 1. The summed E-state index contributed by atoms with van der Waals surface area (Å²) in [5.74, 6) is 2.15. The van der Waals surface area contributed by atoms with Gasteiger partial charge in [-0.25, -0.2) is 0 Å². The standard InChI is InChI=1S/C15H26/c1-12-5-3-8-14(2,10-7-12)15-9-4-6-13(15)11-15/h12-13H,3-11H2,1-2H3. The number of hydrogen-bond acceptors (Lipinski definition) is 0. The molecule has 4 unspecified atom stereocenters. The van der Waals surface area contributed by atoms with Crippen LogP contribution in [-0.4, -0.2) is 0 Å². The Hall–Kier alpha value is 0. The SMILES string of the molecule is CC1CCCC(C)(C23CCCC2C3)CC1. The fraction of sp³-hybridized carbons (Fsp3) is 1.00. The van der Waals surface area contributed by atoms with Crippen LogP contribution in [0, 0.1) is 22.7 Å². The second-order valence-corrected chi connectivity index (χ2v) is 7.05.